The summed E-state index contributed by atoms with van der Waals surface area (Å²) in [6.45, 7) is 3.15. The van der Waals surface area contributed by atoms with E-state index in [-0.39, 0.29) is 30.2 Å². The van der Waals surface area contributed by atoms with E-state index in [0.29, 0.717) is 11.2 Å². The first-order valence-corrected chi connectivity index (χ1v) is 9.50. The normalized spacial score (nSPS) is 24.3. The molecule has 30 heavy (non-hydrogen) atoms. The van der Waals surface area contributed by atoms with Gasteiger partial charge in [0.05, 0.1) is 19.3 Å². The van der Waals surface area contributed by atoms with Crippen LogP contribution >= 0.6 is 0 Å². The summed E-state index contributed by atoms with van der Waals surface area (Å²) in [5.41, 5.74) is 0.726. The molecule has 1 aliphatic heterocycles. The maximum absolute atomic E-state index is 12.2. The molecule has 3 heterocycles. The van der Waals surface area contributed by atoms with Crippen molar-refractivity contribution in [1.29, 1.82) is 0 Å². The third-order valence-corrected chi connectivity index (χ3v) is 4.61. The molecule has 12 heteroatoms. The minimum absolute atomic E-state index is 0.0695. The number of methoxy groups -OCH3 is 1. The van der Waals surface area contributed by atoms with E-state index in [9.17, 15) is 15.0 Å². The zero-order valence-corrected chi connectivity index (χ0v) is 17.6. The third kappa shape index (κ3) is 4.26. The number of ether oxygens (including phenoxy) is 2. The largest absolute Gasteiger partial charge is 0.394 e. The Balaban J connectivity index is 2.10. The minimum Gasteiger partial charge on any atom is -0.394 e. The van der Waals surface area contributed by atoms with Crippen LogP contribution in [0.3, 0.4) is 0 Å². The number of aliphatic hydroxyl groups is 2. The first-order chi connectivity index (χ1) is 14.3. The number of nitrogens with zero attached hydrogens (tertiary/aromatic N) is 6. The van der Waals surface area contributed by atoms with E-state index in [1.807, 2.05) is 14.1 Å². The standard InChI is InChI=1S/C18H27N7O5/c1-9(2)16(28)23-18-21-14(20-7-24(3)4)11-15(22-18)25(8-19-11)17-13(29-5)12(27)10(6-26)30-17/h7-10,12-13,17,26-27H,6H2,1-5H3,(H,21,22,23,28)/b20-7+/t10-,12-,13-,17-/m1/s1. The topological polar surface area (TPSA) is 147 Å². The molecule has 0 unspecified atom stereocenters. The van der Waals surface area contributed by atoms with Gasteiger partial charge in [-0.15, -0.1) is 0 Å². The van der Waals surface area contributed by atoms with Gasteiger partial charge in [-0.25, -0.2) is 9.98 Å². The molecule has 0 radical (unpaired) electrons. The number of carbonyl (C=O) groups is 1. The van der Waals surface area contributed by atoms with Gasteiger partial charge in [-0.2, -0.15) is 9.97 Å². The first-order valence-electron chi connectivity index (χ1n) is 9.50. The number of rotatable bonds is 7. The number of aromatic nitrogens is 4. The molecule has 0 aromatic carbocycles. The Morgan fingerprint density at radius 1 is 1.47 bits per heavy atom. The number of hydrogen-bond donors (Lipinski definition) is 3. The van der Waals surface area contributed by atoms with E-state index in [1.165, 1.54) is 13.4 Å². The molecule has 0 saturated carbocycles. The predicted molar refractivity (Wildman–Crippen MR) is 108 cm³/mol. The summed E-state index contributed by atoms with van der Waals surface area (Å²) >= 11 is 0. The lowest BCUT2D eigenvalue weighted by Gasteiger charge is -2.20. The fourth-order valence-corrected chi connectivity index (χ4v) is 3.01. The van der Waals surface area contributed by atoms with Gasteiger partial charge in [-0.1, -0.05) is 13.8 Å². The summed E-state index contributed by atoms with van der Waals surface area (Å²) in [4.78, 5) is 31.3. The summed E-state index contributed by atoms with van der Waals surface area (Å²) in [5, 5.41) is 22.5. The Kier molecular flexibility index (Phi) is 6.61. The number of nitrogens with one attached hydrogen (secondary N) is 1. The SMILES string of the molecule is CO[C@@H]1[C@H](O)[C@@H](CO)O[C@H]1n1cnc2c(/N=C/N(C)C)nc(NC(=O)C(C)C)nc21. The molecule has 12 nitrogen and oxygen atoms in total. The monoisotopic (exact) mass is 421 g/mol. The van der Waals surface area contributed by atoms with Crippen LogP contribution in [-0.2, 0) is 14.3 Å². The molecule has 1 amide bonds. The van der Waals surface area contributed by atoms with Gasteiger partial charge >= 0.3 is 0 Å². The van der Waals surface area contributed by atoms with Crippen molar-refractivity contribution in [2.24, 2.45) is 10.9 Å². The molecule has 2 aromatic rings. The Bertz CT molecular complexity index is 929. The van der Waals surface area contributed by atoms with Gasteiger partial charge in [-0.05, 0) is 0 Å². The summed E-state index contributed by atoms with van der Waals surface area (Å²) in [5.74, 6) is -0.178. The van der Waals surface area contributed by atoms with Crippen molar-refractivity contribution in [3.05, 3.63) is 6.33 Å². The summed E-state index contributed by atoms with van der Waals surface area (Å²) in [6, 6.07) is 0. The maximum Gasteiger partial charge on any atom is 0.233 e. The van der Waals surface area contributed by atoms with E-state index in [2.05, 4.69) is 25.3 Å². The molecule has 0 bridgehead atoms. The Labute approximate surface area is 173 Å². The number of anilines is 1. The highest BCUT2D eigenvalue weighted by atomic mass is 16.6. The van der Waals surface area contributed by atoms with Crippen molar-refractivity contribution in [1.82, 2.24) is 24.4 Å². The van der Waals surface area contributed by atoms with Crippen LogP contribution in [0.2, 0.25) is 0 Å². The Hall–Kier alpha value is -2.67. The Morgan fingerprint density at radius 3 is 2.80 bits per heavy atom. The van der Waals surface area contributed by atoms with Gasteiger partial charge in [-0.3, -0.25) is 14.7 Å². The van der Waals surface area contributed by atoms with E-state index >= 15 is 0 Å². The molecular weight excluding hydrogens is 394 g/mol. The number of aliphatic imine (C=N–C) groups is 1. The van der Waals surface area contributed by atoms with Crippen LogP contribution in [0.25, 0.3) is 11.2 Å². The quantitative estimate of drug-likeness (QED) is 0.412. The van der Waals surface area contributed by atoms with Crippen LogP contribution in [0, 0.1) is 5.92 Å². The third-order valence-electron chi connectivity index (χ3n) is 4.61. The number of amides is 1. The predicted octanol–water partition coefficient (Wildman–Crippen LogP) is -0.0922. The first kappa shape index (κ1) is 22.0. The molecule has 0 spiro atoms. The number of fused-ring (bicyclic) bond motifs is 1. The molecule has 4 atom stereocenters. The van der Waals surface area contributed by atoms with Gasteiger partial charge < -0.3 is 24.6 Å². The summed E-state index contributed by atoms with van der Waals surface area (Å²) < 4.78 is 12.7. The van der Waals surface area contributed by atoms with Crippen molar-refractivity contribution in [3.8, 4) is 0 Å². The van der Waals surface area contributed by atoms with Gasteiger partial charge in [0, 0.05) is 27.1 Å². The zero-order valence-electron chi connectivity index (χ0n) is 17.6. The second-order valence-electron chi connectivity index (χ2n) is 7.49. The fourth-order valence-electron chi connectivity index (χ4n) is 3.01. The van der Waals surface area contributed by atoms with Crippen LogP contribution in [0.5, 0.6) is 0 Å². The zero-order chi connectivity index (χ0) is 22.0. The summed E-state index contributed by atoms with van der Waals surface area (Å²) in [6.07, 6.45) is -0.352. The highest BCUT2D eigenvalue weighted by molar-refractivity contribution is 5.92. The number of imidazole rings is 1. The van der Waals surface area contributed by atoms with Crippen molar-refractivity contribution in [3.63, 3.8) is 0 Å². The smallest absolute Gasteiger partial charge is 0.233 e. The molecule has 2 aromatic heterocycles. The van der Waals surface area contributed by atoms with Gasteiger partial charge in [0.25, 0.3) is 0 Å². The Morgan fingerprint density at radius 2 is 2.20 bits per heavy atom. The highest BCUT2D eigenvalue weighted by Crippen LogP contribution is 2.34. The molecular formula is C18H27N7O5. The van der Waals surface area contributed by atoms with Crippen LogP contribution in [-0.4, -0.2) is 93.0 Å². The minimum atomic E-state index is -1.03. The van der Waals surface area contributed by atoms with Crippen molar-refractivity contribution in [2.75, 3.05) is 33.1 Å². The lowest BCUT2D eigenvalue weighted by molar-refractivity contribution is -0.118. The van der Waals surface area contributed by atoms with E-state index < -0.39 is 24.5 Å². The van der Waals surface area contributed by atoms with E-state index in [1.54, 1.807) is 29.7 Å². The van der Waals surface area contributed by atoms with E-state index in [4.69, 9.17) is 9.47 Å². The molecule has 164 valence electrons. The van der Waals surface area contributed by atoms with Crippen LogP contribution in [0.1, 0.15) is 20.1 Å². The molecule has 1 fully saturated rings. The van der Waals surface area contributed by atoms with Crippen LogP contribution in [0.4, 0.5) is 11.8 Å². The van der Waals surface area contributed by atoms with Gasteiger partial charge in [0.2, 0.25) is 11.9 Å². The lowest BCUT2D eigenvalue weighted by atomic mass is 10.1. The molecule has 1 aliphatic rings. The molecule has 0 aliphatic carbocycles. The molecule has 3 N–H and O–H groups in total. The molecule has 1 saturated heterocycles. The van der Waals surface area contributed by atoms with Crippen LogP contribution < -0.4 is 5.32 Å². The van der Waals surface area contributed by atoms with E-state index in [0.717, 1.165) is 0 Å². The van der Waals surface area contributed by atoms with Crippen molar-refractivity contribution in [2.45, 2.75) is 38.4 Å². The van der Waals surface area contributed by atoms with Crippen molar-refractivity contribution < 1.29 is 24.5 Å². The number of carbonyl (C=O) groups excluding carboxylic acids is 1. The number of hydrogen-bond acceptors (Lipinski definition) is 9. The fraction of sp³-hybridized carbons (Fsp3) is 0.611. The van der Waals surface area contributed by atoms with Gasteiger partial charge in [0.1, 0.15) is 18.3 Å². The van der Waals surface area contributed by atoms with Crippen molar-refractivity contribution >= 4 is 35.2 Å². The van der Waals surface area contributed by atoms with Gasteiger partial charge in [0.15, 0.2) is 23.2 Å². The lowest BCUT2D eigenvalue weighted by Crippen LogP contribution is -2.34. The average molecular weight is 421 g/mol. The molecule has 3 rings (SSSR count). The summed E-state index contributed by atoms with van der Waals surface area (Å²) in [7, 11) is 5.07. The highest BCUT2D eigenvalue weighted by Gasteiger charge is 2.45. The average Bonchev–Trinajstić information content (AvgIpc) is 3.26. The maximum atomic E-state index is 12.2. The van der Waals surface area contributed by atoms with Crippen LogP contribution in [0.15, 0.2) is 11.3 Å². The number of aliphatic hydroxyl groups excluding tert-OH is 2. The second-order valence-corrected chi connectivity index (χ2v) is 7.49. The second kappa shape index (κ2) is 9.00.